The van der Waals surface area contributed by atoms with Gasteiger partial charge in [0.25, 0.3) is 0 Å². The van der Waals surface area contributed by atoms with Crippen molar-refractivity contribution in [1.29, 1.82) is 0 Å². The number of morpholine rings is 1. The molecule has 146 valence electrons. The van der Waals surface area contributed by atoms with Crippen LogP contribution in [0.4, 0.5) is 0 Å². The molecule has 2 heterocycles. The summed E-state index contributed by atoms with van der Waals surface area (Å²) in [4.78, 5) is 6.91. The number of thiocarbonyl (C=S) groups is 1. The first kappa shape index (κ1) is 20.1. The monoisotopic (exact) mass is 407 g/mol. The van der Waals surface area contributed by atoms with E-state index in [1.807, 2.05) is 42.1 Å². The molecular weight excluding hydrogens is 382 g/mol. The molecule has 1 atom stereocenters. The van der Waals surface area contributed by atoms with E-state index in [1.54, 1.807) is 6.20 Å². The fourth-order valence-corrected chi connectivity index (χ4v) is 3.46. The van der Waals surface area contributed by atoms with Crippen molar-refractivity contribution in [3.05, 3.63) is 53.1 Å². The predicted octanol–water partition coefficient (Wildman–Crippen LogP) is 2.35. The summed E-state index contributed by atoms with van der Waals surface area (Å²) in [6.45, 7) is 5.58. The van der Waals surface area contributed by atoms with E-state index < -0.39 is 0 Å². The van der Waals surface area contributed by atoms with Crippen LogP contribution in [0.1, 0.15) is 23.9 Å². The van der Waals surface area contributed by atoms with Gasteiger partial charge in [0.2, 0.25) is 0 Å². The van der Waals surface area contributed by atoms with E-state index in [1.165, 1.54) is 0 Å². The number of ether oxygens (including phenoxy) is 1. The zero-order chi connectivity index (χ0) is 19.1. The van der Waals surface area contributed by atoms with E-state index in [0.717, 1.165) is 57.2 Å². The van der Waals surface area contributed by atoms with Crippen molar-refractivity contribution < 1.29 is 4.74 Å². The lowest BCUT2D eigenvalue weighted by atomic mass is 10.1. The average molecular weight is 408 g/mol. The summed E-state index contributed by atoms with van der Waals surface area (Å²) < 4.78 is 7.37. The zero-order valence-corrected chi connectivity index (χ0v) is 17.1. The molecule has 0 amide bonds. The molecule has 2 N–H and O–H groups in total. The van der Waals surface area contributed by atoms with Gasteiger partial charge < -0.3 is 19.9 Å². The SMILES string of the molecule is Cn1ccnc1[C@@H](NC(=S)NCCCN1CCOCC1)c1ccc(Cl)cc1. The molecular formula is C19H26ClN5OS. The molecule has 1 aliphatic heterocycles. The Kier molecular flexibility index (Phi) is 7.46. The second-order valence-corrected chi connectivity index (χ2v) is 7.43. The molecule has 8 heteroatoms. The molecule has 0 aliphatic carbocycles. The summed E-state index contributed by atoms with van der Waals surface area (Å²) in [5, 5.41) is 8.04. The summed E-state index contributed by atoms with van der Waals surface area (Å²) in [7, 11) is 1.98. The second-order valence-electron chi connectivity index (χ2n) is 6.59. The maximum Gasteiger partial charge on any atom is 0.167 e. The Labute approximate surface area is 170 Å². The lowest BCUT2D eigenvalue weighted by Crippen LogP contribution is -2.41. The Hall–Kier alpha value is -1.67. The van der Waals surface area contributed by atoms with E-state index in [0.29, 0.717) is 10.1 Å². The lowest BCUT2D eigenvalue weighted by Gasteiger charge is -2.26. The first-order valence-electron chi connectivity index (χ1n) is 9.20. The fourth-order valence-electron chi connectivity index (χ4n) is 3.12. The third kappa shape index (κ3) is 5.90. The molecule has 1 saturated heterocycles. The van der Waals surface area contributed by atoms with Crippen LogP contribution < -0.4 is 10.6 Å². The highest BCUT2D eigenvalue weighted by atomic mass is 35.5. The summed E-state index contributed by atoms with van der Waals surface area (Å²) >= 11 is 11.6. The third-order valence-corrected chi connectivity index (χ3v) is 5.15. The van der Waals surface area contributed by atoms with Gasteiger partial charge in [-0.05, 0) is 42.9 Å². The number of rotatable bonds is 7. The van der Waals surface area contributed by atoms with Crippen LogP contribution in [0.2, 0.25) is 5.02 Å². The van der Waals surface area contributed by atoms with Crippen LogP contribution in [-0.2, 0) is 11.8 Å². The topological polar surface area (TPSA) is 54.4 Å². The molecule has 1 aromatic carbocycles. The molecule has 1 aliphatic rings. The summed E-state index contributed by atoms with van der Waals surface area (Å²) in [5.41, 5.74) is 1.06. The van der Waals surface area contributed by atoms with E-state index >= 15 is 0 Å². The van der Waals surface area contributed by atoms with Crippen molar-refractivity contribution >= 4 is 28.9 Å². The van der Waals surface area contributed by atoms with Gasteiger partial charge in [-0.1, -0.05) is 23.7 Å². The third-order valence-electron chi connectivity index (χ3n) is 4.64. The lowest BCUT2D eigenvalue weighted by molar-refractivity contribution is 0.0376. The molecule has 0 bridgehead atoms. The van der Waals surface area contributed by atoms with Crippen LogP contribution in [0.15, 0.2) is 36.7 Å². The van der Waals surface area contributed by atoms with Crippen molar-refractivity contribution in [2.45, 2.75) is 12.5 Å². The van der Waals surface area contributed by atoms with Crippen LogP contribution in [0, 0.1) is 0 Å². The van der Waals surface area contributed by atoms with Gasteiger partial charge in [0.05, 0.1) is 13.2 Å². The molecule has 2 aromatic rings. The highest BCUT2D eigenvalue weighted by Gasteiger charge is 2.19. The van der Waals surface area contributed by atoms with Gasteiger partial charge in [-0.25, -0.2) is 4.98 Å². The van der Waals surface area contributed by atoms with E-state index in [4.69, 9.17) is 28.6 Å². The van der Waals surface area contributed by atoms with E-state index in [9.17, 15) is 0 Å². The number of hydrogen-bond donors (Lipinski definition) is 2. The first-order valence-corrected chi connectivity index (χ1v) is 9.99. The summed E-state index contributed by atoms with van der Waals surface area (Å²) in [6, 6.07) is 7.62. The molecule has 0 unspecified atom stereocenters. The van der Waals surface area contributed by atoms with Gasteiger partial charge in [-0.2, -0.15) is 0 Å². The van der Waals surface area contributed by atoms with Crippen LogP contribution >= 0.6 is 23.8 Å². The Balaban J connectivity index is 1.54. The average Bonchev–Trinajstić information content (AvgIpc) is 3.11. The standard InChI is InChI=1S/C19H26ClN5OS/c1-24-10-8-21-18(24)17(15-3-5-16(20)6-4-15)23-19(27)22-7-2-9-25-11-13-26-14-12-25/h3-6,8,10,17H,2,7,9,11-14H2,1H3,(H2,22,23,27)/t17-/m0/s1. The Morgan fingerprint density at radius 1 is 1.30 bits per heavy atom. The molecule has 27 heavy (non-hydrogen) atoms. The van der Waals surface area contributed by atoms with Gasteiger partial charge in [-0.3, -0.25) is 4.90 Å². The molecule has 6 nitrogen and oxygen atoms in total. The number of imidazole rings is 1. The van der Waals surface area contributed by atoms with Crippen molar-refractivity contribution in [2.24, 2.45) is 7.05 Å². The number of benzene rings is 1. The summed E-state index contributed by atoms with van der Waals surface area (Å²) in [5.74, 6) is 0.898. The van der Waals surface area contributed by atoms with Gasteiger partial charge in [-0.15, -0.1) is 0 Å². The van der Waals surface area contributed by atoms with Gasteiger partial charge in [0, 0.05) is 44.1 Å². The zero-order valence-electron chi connectivity index (χ0n) is 15.5. The van der Waals surface area contributed by atoms with Crippen LogP contribution in [0.25, 0.3) is 0 Å². The number of aryl methyl sites for hydroxylation is 1. The Morgan fingerprint density at radius 3 is 2.70 bits per heavy atom. The molecule has 1 fully saturated rings. The minimum Gasteiger partial charge on any atom is -0.379 e. The normalized spacial score (nSPS) is 16.1. The van der Waals surface area contributed by atoms with Crippen molar-refractivity contribution in [2.75, 3.05) is 39.4 Å². The molecule has 0 spiro atoms. The van der Waals surface area contributed by atoms with Crippen molar-refractivity contribution in [1.82, 2.24) is 25.1 Å². The van der Waals surface area contributed by atoms with Crippen molar-refractivity contribution in [3.8, 4) is 0 Å². The Morgan fingerprint density at radius 2 is 2.04 bits per heavy atom. The van der Waals surface area contributed by atoms with Crippen LogP contribution in [0.3, 0.4) is 0 Å². The van der Waals surface area contributed by atoms with Crippen molar-refractivity contribution in [3.63, 3.8) is 0 Å². The fraction of sp³-hybridized carbons (Fsp3) is 0.474. The molecule has 0 saturated carbocycles. The van der Waals surface area contributed by atoms with E-state index in [-0.39, 0.29) is 6.04 Å². The highest BCUT2D eigenvalue weighted by Crippen LogP contribution is 2.22. The van der Waals surface area contributed by atoms with Gasteiger partial charge >= 0.3 is 0 Å². The minimum atomic E-state index is -0.137. The van der Waals surface area contributed by atoms with Gasteiger partial charge in [0.1, 0.15) is 11.9 Å². The predicted molar refractivity (Wildman–Crippen MR) is 112 cm³/mol. The number of halogens is 1. The first-order chi connectivity index (χ1) is 13.1. The second kappa shape index (κ2) is 10.0. The largest absolute Gasteiger partial charge is 0.379 e. The number of nitrogens with zero attached hydrogens (tertiary/aromatic N) is 3. The molecule has 0 radical (unpaired) electrons. The molecule has 1 aromatic heterocycles. The summed E-state index contributed by atoms with van der Waals surface area (Å²) in [6.07, 6.45) is 4.76. The maximum absolute atomic E-state index is 6.04. The van der Waals surface area contributed by atoms with Crippen LogP contribution in [-0.4, -0.2) is 59.0 Å². The number of aromatic nitrogens is 2. The highest BCUT2D eigenvalue weighted by molar-refractivity contribution is 7.80. The van der Waals surface area contributed by atoms with E-state index in [2.05, 4.69) is 20.5 Å². The van der Waals surface area contributed by atoms with Crippen LogP contribution in [0.5, 0.6) is 0 Å². The number of hydrogen-bond acceptors (Lipinski definition) is 4. The molecule has 3 rings (SSSR count). The number of nitrogens with one attached hydrogen (secondary N) is 2. The smallest absolute Gasteiger partial charge is 0.167 e. The Bertz CT molecular complexity index is 730. The quantitative estimate of drug-likeness (QED) is 0.542. The maximum atomic E-state index is 6.04. The van der Waals surface area contributed by atoms with Gasteiger partial charge in [0.15, 0.2) is 5.11 Å². The minimum absolute atomic E-state index is 0.137.